The summed E-state index contributed by atoms with van der Waals surface area (Å²) in [7, 11) is 1.65. The Hall–Kier alpha value is -1.55. The Bertz CT molecular complexity index is 405. The summed E-state index contributed by atoms with van der Waals surface area (Å²) >= 11 is 0. The Morgan fingerprint density at radius 3 is 2.72 bits per heavy atom. The number of aryl methyl sites for hydroxylation is 1. The van der Waals surface area contributed by atoms with Crippen LogP contribution in [0.4, 0.5) is 0 Å². The molecule has 1 amide bonds. The molecule has 0 aliphatic carbocycles. The predicted octanol–water partition coefficient (Wildman–Crippen LogP) is 1.26. The van der Waals surface area contributed by atoms with Crippen LogP contribution in [0.5, 0.6) is 5.75 Å². The van der Waals surface area contributed by atoms with Gasteiger partial charge in [-0.25, -0.2) is 0 Å². The van der Waals surface area contributed by atoms with Gasteiger partial charge in [0.15, 0.2) is 0 Å². The van der Waals surface area contributed by atoms with Gasteiger partial charge in [0, 0.05) is 13.1 Å². The zero-order valence-corrected chi connectivity index (χ0v) is 11.3. The van der Waals surface area contributed by atoms with Crippen LogP contribution in [-0.4, -0.2) is 26.1 Å². The molecule has 0 spiro atoms. The first kappa shape index (κ1) is 14.5. The van der Waals surface area contributed by atoms with E-state index in [0.29, 0.717) is 19.5 Å². The molecule has 4 heteroatoms. The third kappa shape index (κ3) is 3.74. The molecule has 0 saturated carbocycles. The minimum absolute atomic E-state index is 0.0217. The van der Waals surface area contributed by atoms with E-state index in [1.807, 2.05) is 32.0 Å². The molecule has 1 atom stereocenters. The number of hydrogen-bond acceptors (Lipinski definition) is 3. The van der Waals surface area contributed by atoms with Gasteiger partial charge in [0.25, 0.3) is 0 Å². The second kappa shape index (κ2) is 7.01. The fourth-order valence-electron chi connectivity index (χ4n) is 1.95. The van der Waals surface area contributed by atoms with Crippen LogP contribution < -0.4 is 15.8 Å². The lowest BCUT2D eigenvalue weighted by Crippen LogP contribution is -2.36. The van der Waals surface area contributed by atoms with E-state index in [9.17, 15) is 4.79 Å². The van der Waals surface area contributed by atoms with Crippen molar-refractivity contribution in [3.8, 4) is 5.75 Å². The number of carbonyl (C=O) groups excluding carboxylic acids is 1. The molecule has 1 aromatic rings. The lowest BCUT2D eigenvalue weighted by atomic mass is 9.97. The molecule has 0 saturated heterocycles. The molecule has 1 unspecified atom stereocenters. The third-order valence-corrected chi connectivity index (χ3v) is 2.95. The van der Waals surface area contributed by atoms with Crippen LogP contribution in [0.2, 0.25) is 0 Å². The van der Waals surface area contributed by atoms with E-state index >= 15 is 0 Å². The lowest BCUT2D eigenvalue weighted by Gasteiger charge is -2.15. The number of rotatable bonds is 6. The van der Waals surface area contributed by atoms with Crippen molar-refractivity contribution < 1.29 is 9.53 Å². The highest BCUT2D eigenvalue weighted by atomic mass is 16.5. The van der Waals surface area contributed by atoms with Gasteiger partial charge in [-0.3, -0.25) is 4.79 Å². The highest BCUT2D eigenvalue weighted by Gasteiger charge is 2.16. The molecule has 100 valence electrons. The summed E-state index contributed by atoms with van der Waals surface area (Å²) < 4.78 is 5.21. The third-order valence-electron chi connectivity index (χ3n) is 2.95. The lowest BCUT2D eigenvalue weighted by molar-refractivity contribution is -0.124. The SMILES string of the molecule is CCNC(=O)C(CN)Cc1ccc(OC)c(C)c1. The van der Waals surface area contributed by atoms with Gasteiger partial charge in [-0.1, -0.05) is 12.1 Å². The maximum Gasteiger partial charge on any atom is 0.224 e. The monoisotopic (exact) mass is 250 g/mol. The van der Waals surface area contributed by atoms with Crippen molar-refractivity contribution in [3.63, 3.8) is 0 Å². The average Bonchev–Trinajstić information content (AvgIpc) is 2.36. The van der Waals surface area contributed by atoms with Gasteiger partial charge >= 0.3 is 0 Å². The van der Waals surface area contributed by atoms with Gasteiger partial charge in [-0.15, -0.1) is 0 Å². The van der Waals surface area contributed by atoms with E-state index in [-0.39, 0.29) is 11.8 Å². The number of ether oxygens (including phenoxy) is 1. The van der Waals surface area contributed by atoms with Gasteiger partial charge in [0.05, 0.1) is 13.0 Å². The Balaban J connectivity index is 2.76. The van der Waals surface area contributed by atoms with Gasteiger partial charge in [0.2, 0.25) is 5.91 Å². The maximum atomic E-state index is 11.8. The number of carbonyl (C=O) groups is 1. The molecule has 0 radical (unpaired) electrons. The minimum atomic E-state index is -0.169. The van der Waals surface area contributed by atoms with Crippen LogP contribution in [0.25, 0.3) is 0 Å². The topological polar surface area (TPSA) is 64.4 Å². The summed E-state index contributed by atoms with van der Waals surface area (Å²) in [5, 5.41) is 2.81. The van der Waals surface area contributed by atoms with E-state index < -0.39 is 0 Å². The standard InChI is InChI=1S/C14H22N2O2/c1-4-16-14(17)12(9-15)8-11-5-6-13(18-3)10(2)7-11/h5-7,12H,4,8-9,15H2,1-3H3,(H,16,17). The predicted molar refractivity (Wildman–Crippen MR) is 72.7 cm³/mol. The molecule has 4 nitrogen and oxygen atoms in total. The number of methoxy groups -OCH3 is 1. The molecule has 0 heterocycles. The van der Waals surface area contributed by atoms with Crippen molar-refractivity contribution in [2.24, 2.45) is 11.7 Å². The van der Waals surface area contributed by atoms with E-state index in [2.05, 4.69) is 5.32 Å². The molecule has 0 bridgehead atoms. The summed E-state index contributed by atoms with van der Waals surface area (Å²) in [5.41, 5.74) is 7.84. The van der Waals surface area contributed by atoms with E-state index in [4.69, 9.17) is 10.5 Å². The summed E-state index contributed by atoms with van der Waals surface area (Å²) in [5.74, 6) is 0.715. The second-order valence-electron chi connectivity index (χ2n) is 4.34. The molecular weight excluding hydrogens is 228 g/mol. The number of nitrogens with two attached hydrogens (primary N) is 1. The first-order chi connectivity index (χ1) is 8.62. The zero-order chi connectivity index (χ0) is 13.5. The van der Waals surface area contributed by atoms with Crippen LogP contribution >= 0.6 is 0 Å². The molecule has 18 heavy (non-hydrogen) atoms. The summed E-state index contributed by atoms with van der Waals surface area (Å²) in [6.45, 7) is 4.89. The maximum absolute atomic E-state index is 11.8. The van der Waals surface area contributed by atoms with Crippen molar-refractivity contribution >= 4 is 5.91 Å². The van der Waals surface area contributed by atoms with Crippen LogP contribution in [0.1, 0.15) is 18.1 Å². The van der Waals surface area contributed by atoms with E-state index in [1.54, 1.807) is 7.11 Å². The van der Waals surface area contributed by atoms with E-state index in [1.165, 1.54) is 0 Å². The Morgan fingerprint density at radius 1 is 1.50 bits per heavy atom. The van der Waals surface area contributed by atoms with Crippen molar-refractivity contribution in [3.05, 3.63) is 29.3 Å². The quantitative estimate of drug-likeness (QED) is 0.799. The van der Waals surface area contributed by atoms with E-state index in [0.717, 1.165) is 16.9 Å². The van der Waals surface area contributed by atoms with Gasteiger partial charge in [-0.2, -0.15) is 0 Å². The molecule has 1 rings (SSSR count). The number of benzene rings is 1. The second-order valence-corrected chi connectivity index (χ2v) is 4.34. The van der Waals surface area contributed by atoms with Crippen molar-refractivity contribution in [2.75, 3.05) is 20.2 Å². The summed E-state index contributed by atoms with van der Waals surface area (Å²) in [4.78, 5) is 11.8. The highest BCUT2D eigenvalue weighted by molar-refractivity contribution is 5.79. The summed E-state index contributed by atoms with van der Waals surface area (Å²) in [6.07, 6.45) is 0.660. The van der Waals surface area contributed by atoms with Crippen molar-refractivity contribution in [2.45, 2.75) is 20.3 Å². The van der Waals surface area contributed by atoms with Crippen molar-refractivity contribution in [1.82, 2.24) is 5.32 Å². The molecule has 0 aromatic heterocycles. The molecule has 0 fully saturated rings. The molecular formula is C14H22N2O2. The Labute approximate surface area is 109 Å². The smallest absolute Gasteiger partial charge is 0.224 e. The normalized spacial score (nSPS) is 12.0. The molecule has 1 aromatic carbocycles. The van der Waals surface area contributed by atoms with Gasteiger partial charge in [-0.05, 0) is 37.5 Å². The fourth-order valence-corrected chi connectivity index (χ4v) is 1.95. The van der Waals surface area contributed by atoms with Crippen LogP contribution in [0.3, 0.4) is 0 Å². The average molecular weight is 250 g/mol. The Kier molecular flexibility index (Phi) is 5.65. The summed E-state index contributed by atoms with van der Waals surface area (Å²) in [6, 6.07) is 5.95. The number of hydrogen-bond donors (Lipinski definition) is 2. The van der Waals surface area contributed by atoms with Gasteiger partial charge < -0.3 is 15.8 Å². The molecule has 0 aliphatic heterocycles. The van der Waals surface area contributed by atoms with Crippen LogP contribution in [0.15, 0.2) is 18.2 Å². The first-order valence-electron chi connectivity index (χ1n) is 6.23. The Morgan fingerprint density at radius 2 is 2.22 bits per heavy atom. The fraction of sp³-hybridized carbons (Fsp3) is 0.500. The zero-order valence-electron chi connectivity index (χ0n) is 11.3. The van der Waals surface area contributed by atoms with Crippen LogP contribution in [0, 0.1) is 12.8 Å². The highest BCUT2D eigenvalue weighted by Crippen LogP contribution is 2.20. The van der Waals surface area contributed by atoms with Crippen molar-refractivity contribution in [1.29, 1.82) is 0 Å². The van der Waals surface area contributed by atoms with Gasteiger partial charge in [0.1, 0.15) is 5.75 Å². The largest absolute Gasteiger partial charge is 0.496 e. The molecule has 0 aliphatic rings. The minimum Gasteiger partial charge on any atom is -0.496 e. The number of amides is 1. The number of nitrogens with one attached hydrogen (secondary N) is 1. The first-order valence-corrected chi connectivity index (χ1v) is 6.23. The molecule has 3 N–H and O–H groups in total. The van der Waals surface area contributed by atoms with Crippen LogP contribution in [-0.2, 0) is 11.2 Å².